The Morgan fingerprint density at radius 2 is 1.12 bits per heavy atom. The molecule has 0 atom stereocenters. The molecule has 0 unspecified atom stereocenters. The van der Waals surface area contributed by atoms with Crippen LogP contribution in [0.15, 0.2) is 48.5 Å². The van der Waals surface area contributed by atoms with Crippen LogP contribution in [-0.4, -0.2) is 0 Å². The van der Waals surface area contributed by atoms with E-state index in [1.165, 1.54) is 22.5 Å². The van der Waals surface area contributed by atoms with Crippen LogP contribution in [-0.2, 0) is 12.8 Å². The van der Waals surface area contributed by atoms with Gasteiger partial charge in [-0.05, 0) is 36.1 Å². The smallest absolute Gasteiger partial charge is 0.0416 e. The SMILES string of the molecule is CC.c1ccc2c(c1)CCc1ccccc1N2. The normalized spacial score (nSPS) is 12.1. The lowest BCUT2D eigenvalue weighted by Crippen LogP contribution is -1.92. The molecule has 0 aromatic heterocycles. The van der Waals surface area contributed by atoms with Crippen LogP contribution in [0.2, 0.25) is 0 Å². The molecule has 0 fully saturated rings. The Labute approximate surface area is 103 Å². The third-order valence-electron chi connectivity index (χ3n) is 2.97. The third-order valence-corrected chi connectivity index (χ3v) is 2.97. The van der Waals surface area contributed by atoms with Gasteiger partial charge in [-0.15, -0.1) is 0 Å². The molecule has 1 heteroatoms. The highest BCUT2D eigenvalue weighted by atomic mass is 14.9. The van der Waals surface area contributed by atoms with Gasteiger partial charge >= 0.3 is 0 Å². The van der Waals surface area contributed by atoms with Crippen LogP contribution in [0.5, 0.6) is 0 Å². The number of para-hydroxylation sites is 2. The van der Waals surface area contributed by atoms with Crippen LogP contribution >= 0.6 is 0 Å². The lowest BCUT2D eigenvalue weighted by Gasteiger charge is -2.08. The van der Waals surface area contributed by atoms with Crippen molar-refractivity contribution < 1.29 is 0 Å². The van der Waals surface area contributed by atoms with E-state index in [0.29, 0.717) is 0 Å². The lowest BCUT2D eigenvalue weighted by molar-refractivity contribution is 0.977. The Bertz CT molecular complexity index is 443. The molecule has 0 aliphatic carbocycles. The second kappa shape index (κ2) is 5.53. The standard InChI is InChI=1S/C14H13N.C2H6/c1-3-7-13-11(5-1)9-10-12-6-2-4-8-14(12)15-13;1-2/h1-8,15H,9-10H2;1-2H3. The van der Waals surface area contributed by atoms with E-state index in [2.05, 4.69) is 53.8 Å². The van der Waals surface area contributed by atoms with Crippen molar-refractivity contribution in [1.82, 2.24) is 0 Å². The van der Waals surface area contributed by atoms with Crippen LogP contribution < -0.4 is 5.32 Å². The topological polar surface area (TPSA) is 12.0 Å². The highest BCUT2D eigenvalue weighted by molar-refractivity contribution is 5.67. The first-order valence-electron chi connectivity index (χ1n) is 6.36. The lowest BCUT2D eigenvalue weighted by atomic mass is 10.0. The monoisotopic (exact) mass is 225 g/mol. The predicted molar refractivity (Wildman–Crippen MR) is 74.9 cm³/mol. The van der Waals surface area contributed by atoms with E-state index < -0.39 is 0 Å². The largest absolute Gasteiger partial charge is 0.355 e. The predicted octanol–water partition coefficient (Wildman–Crippen LogP) is 4.56. The molecule has 88 valence electrons. The van der Waals surface area contributed by atoms with Crippen LogP contribution in [0.4, 0.5) is 11.4 Å². The molecule has 1 aliphatic rings. The molecule has 0 saturated carbocycles. The fourth-order valence-electron chi connectivity index (χ4n) is 2.13. The minimum Gasteiger partial charge on any atom is -0.355 e. The number of anilines is 2. The Kier molecular flexibility index (Phi) is 3.81. The van der Waals surface area contributed by atoms with Crippen molar-refractivity contribution in [3.8, 4) is 0 Å². The van der Waals surface area contributed by atoms with Crippen molar-refractivity contribution in [2.45, 2.75) is 26.7 Å². The number of benzene rings is 2. The van der Waals surface area contributed by atoms with Gasteiger partial charge in [-0.25, -0.2) is 0 Å². The Balaban J connectivity index is 0.000000514. The fourth-order valence-corrected chi connectivity index (χ4v) is 2.13. The summed E-state index contributed by atoms with van der Waals surface area (Å²) in [5, 5.41) is 3.50. The van der Waals surface area contributed by atoms with Crippen LogP contribution in [0, 0.1) is 0 Å². The maximum Gasteiger partial charge on any atom is 0.0416 e. The number of hydrogen-bond acceptors (Lipinski definition) is 1. The van der Waals surface area contributed by atoms with Crippen LogP contribution in [0.1, 0.15) is 25.0 Å². The first-order valence-corrected chi connectivity index (χ1v) is 6.36. The van der Waals surface area contributed by atoms with Gasteiger partial charge in [0.1, 0.15) is 0 Å². The van der Waals surface area contributed by atoms with Crippen molar-refractivity contribution in [1.29, 1.82) is 0 Å². The molecule has 0 saturated heterocycles. The summed E-state index contributed by atoms with van der Waals surface area (Å²) in [5.74, 6) is 0. The molecule has 2 aromatic carbocycles. The van der Waals surface area contributed by atoms with Gasteiger partial charge in [0.05, 0.1) is 0 Å². The van der Waals surface area contributed by atoms with E-state index >= 15 is 0 Å². The number of aryl methyl sites for hydroxylation is 2. The fraction of sp³-hybridized carbons (Fsp3) is 0.250. The molecule has 0 radical (unpaired) electrons. The highest BCUT2D eigenvalue weighted by Gasteiger charge is 2.10. The van der Waals surface area contributed by atoms with E-state index in [-0.39, 0.29) is 0 Å². The third kappa shape index (κ3) is 2.50. The molecule has 1 N–H and O–H groups in total. The molecular formula is C16H19N. The van der Waals surface area contributed by atoms with Crippen molar-refractivity contribution in [2.75, 3.05) is 5.32 Å². The van der Waals surface area contributed by atoms with Gasteiger partial charge in [0.2, 0.25) is 0 Å². The van der Waals surface area contributed by atoms with E-state index in [9.17, 15) is 0 Å². The molecule has 0 amide bonds. The average Bonchev–Trinajstić information content (AvgIpc) is 2.60. The van der Waals surface area contributed by atoms with Gasteiger partial charge in [-0.2, -0.15) is 0 Å². The Morgan fingerprint density at radius 1 is 0.706 bits per heavy atom. The summed E-state index contributed by atoms with van der Waals surface area (Å²) in [5.41, 5.74) is 5.33. The number of fused-ring (bicyclic) bond motifs is 2. The van der Waals surface area contributed by atoms with Gasteiger partial charge in [0.15, 0.2) is 0 Å². The molecular weight excluding hydrogens is 206 g/mol. The first-order chi connectivity index (χ1) is 8.43. The van der Waals surface area contributed by atoms with Crippen molar-refractivity contribution in [2.24, 2.45) is 0 Å². The number of hydrogen-bond donors (Lipinski definition) is 1. The van der Waals surface area contributed by atoms with Gasteiger partial charge in [-0.3, -0.25) is 0 Å². The molecule has 0 spiro atoms. The second-order valence-corrected chi connectivity index (χ2v) is 3.94. The van der Waals surface area contributed by atoms with Crippen molar-refractivity contribution in [3.05, 3.63) is 59.7 Å². The van der Waals surface area contributed by atoms with E-state index in [1.807, 2.05) is 13.8 Å². The maximum atomic E-state index is 3.50. The minimum absolute atomic E-state index is 1.13. The summed E-state index contributed by atoms with van der Waals surface area (Å²) in [6, 6.07) is 17.1. The zero-order chi connectivity index (χ0) is 12.1. The molecule has 1 heterocycles. The molecule has 0 bridgehead atoms. The summed E-state index contributed by atoms with van der Waals surface area (Å²) in [4.78, 5) is 0. The Hall–Kier alpha value is -1.76. The van der Waals surface area contributed by atoms with Crippen molar-refractivity contribution >= 4 is 11.4 Å². The van der Waals surface area contributed by atoms with Crippen LogP contribution in [0.3, 0.4) is 0 Å². The van der Waals surface area contributed by atoms with Gasteiger partial charge in [0.25, 0.3) is 0 Å². The second-order valence-electron chi connectivity index (χ2n) is 3.94. The maximum absolute atomic E-state index is 3.50. The molecule has 2 aromatic rings. The summed E-state index contributed by atoms with van der Waals surface area (Å²) >= 11 is 0. The van der Waals surface area contributed by atoms with E-state index in [1.54, 1.807) is 0 Å². The van der Waals surface area contributed by atoms with E-state index in [4.69, 9.17) is 0 Å². The van der Waals surface area contributed by atoms with Crippen LogP contribution in [0.25, 0.3) is 0 Å². The molecule has 1 nitrogen and oxygen atoms in total. The summed E-state index contributed by atoms with van der Waals surface area (Å²) in [6.45, 7) is 4.00. The zero-order valence-electron chi connectivity index (χ0n) is 10.5. The summed E-state index contributed by atoms with van der Waals surface area (Å²) in [7, 11) is 0. The van der Waals surface area contributed by atoms with Gasteiger partial charge in [-0.1, -0.05) is 50.2 Å². The van der Waals surface area contributed by atoms with Gasteiger partial charge in [0, 0.05) is 11.4 Å². The Morgan fingerprint density at radius 3 is 1.59 bits per heavy atom. The molecule has 3 rings (SSSR count). The van der Waals surface area contributed by atoms with Crippen molar-refractivity contribution in [3.63, 3.8) is 0 Å². The average molecular weight is 225 g/mol. The molecule has 17 heavy (non-hydrogen) atoms. The molecule has 1 aliphatic heterocycles. The van der Waals surface area contributed by atoms with E-state index in [0.717, 1.165) is 12.8 Å². The first kappa shape index (κ1) is 11.7. The zero-order valence-corrected chi connectivity index (χ0v) is 10.5. The quantitative estimate of drug-likeness (QED) is 0.693. The number of rotatable bonds is 0. The highest BCUT2D eigenvalue weighted by Crippen LogP contribution is 2.29. The van der Waals surface area contributed by atoms with Gasteiger partial charge < -0.3 is 5.32 Å². The summed E-state index contributed by atoms with van der Waals surface area (Å²) < 4.78 is 0. The summed E-state index contributed by atoms with van der Waals surface area (Å²) in [6.07, 6.45) is 2.25. The minimum atomic E-state index is 1.13. The number of nitrogens with one attached hydrogen (secondary N) is 1.